The molecule has 0 fully saturated rings. The fraction of sp³-hybridized carbons (Fsp3) is 0.769. The number of amides is 2. The van der Waals surface area contributed by atoms with Crippen LogP contribution in [0.3, 0.4) is 0 Å². The van der Waals surface area contributed by atoms with Crippen molar-refractivity contribution in [1.82, 2.24) is 10.6 Å². The number of carbonyl (C=O) groups excluding carboxylic acids is 3. The maximum absolute atomic E-state index is 11.8. The Morgan fingerprint density at radius 3 is 2.16 bits per heavy atom. The second-order valence-corrected chi connectivity index (χ2v) is 5.66. The van der Waals surface area contributed by atoms with E-state index in [1.54, 1.807) is 0 Å². The first-order chi connectivity index (χ1) is 8.92. The SMILES string of the molecule is CCNC(=O)CC(SCC(=O)C(C)C)C(=O)NCC.[HH].[HH]. The average Bonchev–Trinajstić information content (AvgIpc) is 2.34. The summed E-state index contributed by atoms with van der Waals surface area (Å²) in [5.74, 6) is -0.0422. The molecule has 114 valence electrons. The molecule has 0 saturated heterocycles. The molecule has 19 heavy (non-hydrogen) atoms. The van der Waals surface area contributed by atoms with Crippen molar-refractivity contribution in [2.24, 2.45) is 5.92 Å². The second kappa shape index (κ2) is 9.83. The van der Waals surface area contributed by atoms with Gasteiger partial charge in [0.05, 0.1) is 11.0 Å². The van der Waals surface area contributed by atoms with Crippen LogP contribution in [-0.2, 0) is 14.4 Å². The van der Waals surface area contributed by atoms with Crippen molar-refractivity contribution >= 4 is 29.4 Å². The summed E-state index contributed by atoms with van der Waals surface area (Å²) >= 11 is 1.24. The molecule has 0 rings (SSSR count). The molecule has 0 spiro atoms. The maximum atomic E-state index is 11.8. The van der Waals surface area contributed by atoms with Crippen LogP contribution in [0, 0.1) is 5.92 Å². The highest BCUT2D eigenvalue weighted by Crippen LogP contribution is 2.17. The molecule has 0 aromatic heterocycles. The molecule has 0 heterocycles. The lowest BCUT2D eigenvalue weighted by Crippen LogP contribution is -2.37. The summed E-state index contributed by atoms with van der Waals surface area (Å²) in [6.45, 7) is 8.36. The van der Waals surface area contributed by atoms with Gasteiger partial charge in [-0.2, -0.15) is 0 Å². The van der Waals surface area contributed by atoms with Crippen LogP contribution in [0.25, 0.3) is 0 Å². The van der Waals surface area contributed by atoms with Crippen LogP contribution in [-0.4, -0.2) is 41.7 Å². The average molecular weight is 292 g/mol. The van der Waals surface area contributed by atoms with Crippen molar-refractivity contribution in [2.75, 3.05) is 18.8 Å². The van der Waals surface area contributed by atoms with E-state index in [4.69, 9.17) is 0 Å². The molecule has 1 atom stereocenters. The monoisotopic (exact) mass is 292 g/mol. The number of ketones is 1. The van der Waals surface area contributed by atoms with E-state index in [1.807, 2.05) is 27.7 Å². The number of Topliss-reactive ketones (excluding diaryl/α,β-unsaturated/α-hetero) is 1. The summed E-state index contributed by atoms with van der Waals surface area (Å²) < 4.78 is 0. The normalized spacial score (nSPS) is 12.1. The Kier molecular flexibility index (Phi) is 9.30. The van der Waals surface area contributed by atoms with Gasteiger partial charge in [-0.3, -0.25) is 14.4 Å². The third kappa shape index (κ3) is 7.87. The van der Waals surface area contributed by atoms with Crippen molar-refractivity contribution in [3.05, 3.63) is 0 Å². The number of carbonyl (C=O) groups is 3. The molecule has 0 bridgehead atoms. The predicted molar refractivity (Wildman–Crippen MR) is 82.3 cm³/mol. The summed E-state index contributed by atoms with van der Waals surface area (Å²) in [4.78, 5) is 35.0. The van der Waals surface area contributed by atoms with Gasteiger partial charge >= 0.3 is 0 Å². The standard InChI is InChI=1S/C13H24N2O3S.2H2/c1-5-14-12(17)7-11(13(18)15-6-2)19-8-10(16)9(3)4;;/h9,11H,5-8H2,1-4H3,(H,14,17)(H,15,18);2*1H. The van der Waals surface area contributed by atoms with Gasteiger partial charge in [0, 0.05) is 28.3 Å². The van der Waals surface area contributed by atoms with Crippen molar-refractivity contribution < 1.29 is 17.2 Å². The van der Waals surface area contributed by atoms with Gasteiger partial charge in [0.25, 0.3) is 0 Å². The third-order valence-electron chi connectivity index (χ3n) is 2.46. The van der Waals surface area contributed by atoms with Crippen LogP contribution >= 0.6 is 11.8 Å². The summed E-state index contributed by atoms with van der Waals surface area (Å²) in [6, 6.07) is 0. The summed E-state index contributed by atoms with van der Waals surface area (Å²) in [6.07, 6.45) is 0.107. The maximum Gasteiger partial charge on any atom is 0.233 e. The number of hydrogen-bond acceptors (Lipinski definition) is 4. The number of hydrogen-bond donors (Lipinski definition) is 2. The first-order valence-electron chi connectivity index (χ1n) is 6.61. The Morgan fingerprint density at radius 1 is 1.11 bits per heavy atom. The molecule has 1 unspecified atom stereocenters. The molecule has 0 aliphatic carbocycles. The largest absolute Gasteiger partial charge is 0.356 e. The summed E-state index contributed by atoms with van der Waals surface area (Å²) in [5.41, 5.74) is 0. The minimum absolute atomic E-state index is 0. The number of thioether (sulfide) groups is 1. The third-order valence-corrected chi connectivity index (χ3v) is 3.69. The van der Waals surface area contributed by atoms with E-state index in [0.717, 1.165) is 0 Å². The second-order valence-electron chi connectivity index (χ2n) is 4.47. The Hall–Kier alpha value is -1.04. The van der Waals surface area contributed by atoms with Crippen LogP contribution in [0.4, 0.5) is 0 Å². The van der Waals surface area contributed by atoms with Crippen LogP contribution < -0.4 is 10.6 Å². The zero-order chi connectivity index (χ0) is 14.8. The highest BCUT2D eigenvalue weighted by molar-refractivity contribution is 8.01. The van der Waals surface area contributed by atoms with E-state index in [9.17, 15) is 14.4 Å². The molecular weight excluding hydrogens is 264 g/mol. The number of nitrogens with one attached hydrogen (secondary N) is 2. The molecule has 0 aromatic rings. The van der Waals surface area contributed by atoms with Crippen molar-refractivity contribution in [1.29, 1.82) is 0 Å². The molecule has 5 nitrogen and oxygen atoms in total. The Morgan fingerprint density at radius 2 is 1.68 bits per heavy atom. The topological polar surface area (TPSA) is 75.3 Å². The van der Waals surface area contributed by atoms with Gasteiger partial charge in [0.2, 0.25) is 11.8 Å². The Labute approximate surface area is 122 Å². The molecule has 0 aromatic carbocycles. The molecule has 0 aliphatic rings. The van der Waals surface area contributed by atoms with Gasteiger partial charge in [-0.1, -0.05) is 13.8 Å². The summed E-state index contributed by atoms with van der Waals surface area (Å²) in [5, 5.41) is 4.86. The smallest absolute Gasteiger partial charge is 0.233 e. The molecule has 2 amide bonds. The molecule has 6 heteroatoms. The van der Waals surface area contributed by atoms with Gasteiger partial charge < -0.3 is 10.6 Å². The Bertz CT molecular complexity index is 329. The van der Waals surface area contributed by atoms with Gasteiger partial charge in [0.1, 0.15) is 5.78 Å². The lowest BCUT2D eigenvalue weighted by Gasteiger charge is -2.15. The predicted octanol–water partition coefficient (Wildman–Crippen LogP) is 1.47. The van der Waals surface area contributed by atoms with Crippen LogP contribution in [0.15, 0.2) is 0 Å². The van der Waals surface area contributed by atoms with Crippen molar-refractivity contribution in [2.45, 2.75) is 39.4 Å². The fourth-order valence-electron chi connectivity index (χ4n) is 1.30. The quantitative estimate of drug-likeness (QED) is 0.675. The molecule has 0 saturated carbocycles. The van der Waals surface area contributed by atoms with Crippen LogP contribution in [0.2, 0.25) is 0 Å². The highest BCUT2D eigenvalue weighted by atomic mass is 32.2. The van der Waals surface area contributed by atoms with Gasteiger partial charge in [-0.15, -0.1) is 11.8 Å². The first-order valence-corrected chi connectivity index (χ1v) is 7.65. The molecule has 0 aliphatic heterocycles. The molecular formula is C13H28N2O3S. The Balaban J connectivity index is -0.00000162. The van der Waals surface area contributed by atoms with E-state index in [-0.39, 0.29) is 38.5 Å². The minimum atomic E-state index is -0.505. The highest BCUT2D eigenvalue weighted by Gasteiger charge is 2.23. The van der Waals surface area contributed by atoms with E-state index in [0.29, 0.717) is 13.1 Å². The lowest BCUT2D eigenvalue weighted by molar-refractivity contribution is -0.125. The van der Waals surface area contributed by atoms with Gasteiger partial charge in [-0.25, -0.2) is 0 Å². The van der Waals surface area contributed by atoms with E-state index >= 15 is 0 Å². The summed E-state index contributed by atoms with van der Waals surface area (Å²) in [7, 11) is 0. The molecule has 0 radical (unpaired) electrons. The van der Waals surface area contributed by atoms with E-state index in [2.05, 4.69) is 10.6 Å². The van der Waals surface area contributed by atoms with Gasteiger partial charge in [0.15, 0.2) is 0 Å². The lowest BCUT2D eigenvalue weighted by atomic mass is 10.1. The number of rotatable bonds is 9. The van der Waals surface area contributed by atoms with Crippen molar-refractivity contribution in [3.8, 4) is 0 Å². The van der Waals surface area contributed by atoms with E-state index in [1.165, 1.54) is 11.8 Å². The zero-order valence-electron chi connectivity index (χ0n) is 12.1. The van der Waals surface area contributed by atoms with Crippen LogP contribution in [0.1, 0.15) is 37.0 Å². The van der Waals surface area contributed by atoms with E-state index < -0.39 is 5.25 Å². The molecule has 2 N–H and O–H groups in total. The van der Waals surface area contributed by atoms with Gasteiger partial charge in [-0.05, 0) is 13.8 Å². The fourth-order valence-corrected chi connectivity index (χ4v) is 2.51. The minimum Gasteiger partial charge on any atom is -0.356 e. The van der Waals surface area contributed by atoms with Crippen molar-refractivity contribution in [3.63, 3.8) is 0 Å². The zero-order valence-corrected chi connectivity index (χ0v) is 12.9. The van der Waals surface area contributed by atoms with Crippen LogP contribution in [0.5, 0.6) is 0 Å². The first kappa shape index (κ1) is 18.0.